The van der Waals surface area contributed by atoms with E-state index < -0.39 is 0 Å². The maximum Gasteiger partial charge on any atom is 0.329 e. The topological polar surface area (TPSA) is 73.8 Å². The summed E-state index contributed by atoms with van der Waals surface area (Å²) in [5.41, 5.74) is 2.95. The van der Waals surface area contributed by atoms with Crippen LogP contribution in [0, 0.1) is 12.7 Å². The number of nitrogens with one attached hydrogen (secondary N) is 1. The number of hydrogen-bond acceptors (Lipinski definition) is 3. The number of benzene rings is 2. The zero-order valence-electron chi connectivity index (χ0n) is 17.5. The highest BCUT2D eigenvalue weighted by Gasteiger charge is 2.15. The van der Waals surface area contributed by atoms with Gasteiger partial charge in [0.2, 0.25) is 5.91 Å². The minimum absolute atomic E-state index is 0.108. The first-order chi connectivity index (χ1) is 15.0. The Hall–Kier alpha value is -3.68. The van der Waals surface area contributed by atoms with Crippen molar-refractivity contribution in [2.75, 3.05) is 5.32 Å². The quantitative estimate of drug-likeness (QED) is 0.492. The Morgan fingerprint density at radius 2 is 1.68 bits per heavy atom. The molecule has 2 heterocycles. The minimum Gasteiger partial charge on any atom is -0.311 e. The molecule has 4 rings (SSSR count). The molecule has 7 nitrogen and oxygen atoms in total. The summed E-state index contributed by atoms with van der Waals surface area (Å²) in [6.07, 6.45) is 0.981. The molecule has 0 bridgehead atoms. The number of amides is 1. The summed E-state index contributed by atoms with van der Waals surface area (Å²) in [6, 6.07) is 15.2. The molecule has 2 aromatic heterocycles. The highest BCUT2D eigenvalue weighted by atomic mass is 19.1. The predicted octanol–water partition coefficient (Wildman–Crippen LogP) is 3.88. The van der Waals surface area contributed by atoms with Crippen molar-refractivity contribution in [1.29, 1.82) is 0 Å². The first kappa shape index (κ1) is 20.6. The Labute approximate surface area is 178 Å². The number of para-hydroxylation sites is 2. The van der Waals surface area contributed by atoms with Crippen LogP contribution >= 0.6 is 0 Å². The second-order valence-electron chi connectivity index (χ2n) is 7.43. The van der Waals surface area contributed by atoms with E-state index in [1.165, 1.54) is 12.1 Å². The molecule has 0 saturated heterocycles. The average molecular weight is 421 g/mol. The fourth-order valence-electron chi connectivity index (χ4n) is 3.71. The van der Waals surface area contributed by atoms with Gasteiger partial charge in [-0.3, -0.25) is 13.9 Å². The summed E-state index contributed by atoms with van der Waals surface area (Å²) >= 11 is 0. The number of carbonyl (C=O) groups is 1. The smallest absolute Gasteiger partial charge is 0.311 e. The normalized spacial score (nSPS) is 11.2. The Morgan fingerprint density at radius 3 is 2.32 bits per heavy atom. The zero-order valence-corrected chi connectivity index (χ0v) is 17.5. The lowest BCUT2D eigenvalue weighted by molar-refractivity contribution is -0.116. The lowest BCUT2D eigenvalue weighted by Gasteiger charge is -2.09. The number of hydrogen-bond donors (Lipinski definition) is 1. The number of rotatable bonds is 7. The number of halogens is 1. The van der Waals surface area contributed by atoms with Crippen molar-refractivity contribution >= 4 is 22.8 Å². The van der Waals surface area contributed by atoms with Gasteiger partial charge in [-0.25, -0.2) is 13.9 Å². The molecule has 4 aromatic rings. The van der Waals surface area contributed by atoms with Gasteiger partial charge in [0.05, 0.1) is 22.4 Å². The molecule has 1 amide bonds. The number of aromatic nitrogens is 4. The van der Waals surface area contributed by atoms with Crippen molar-refractivity contribution in [3.8, 4) is 5.69 Å². The van der Waals surface area contributed by atoms with E-state index in [0.29, 0.717) is 18.1 Å². The fraction of sp³-hybridized carbons (Fsp3) is 0.261. The molecular weight excluding hydrogens is 397 g/mol. The van der Waals surface area contributed by atoms with E-state index in [-0.39, 0.29) is 30.4 Å². The maximum atomic E-state index is 13.2. The number of imidazole rings is 1. The average Bonchev–Trinajstić information content (AvgIpc) is 3.24. The summed E-state index contributed by atoms with van der Waals surface area (Å²) in [6.45, 7) is 4.75. The second kappa shape index (κ2) is 8.59. The van der Waals surface area contributed by atoms with Gasteiger partial charge in [0.25, 0.3) is 0 Å². The number of anilines is 1. The number of nitrogens with zero attached hydrogens (tertiary/aromatic N) is 4. The third-order valence-electron chi connectivity index (χ3n) is 5.11. The SMILES string of the molecule is CCCn1c(=O)n(CCC(=O)Nc2cc(C)nn2-c2ccc(F)cc2)c2ccccc21. The molecule has 0 fully saturated rings. The zero-order chi connectivity index (χ0) is 22.0. The van der Waals surface area contributed by atoms with Gasteiger partial charge in [0, 0.05) is 25.6 Å². The lowest BCUT2D eigenvalue weighted by Crippen LogP contribution is -2.26. The molecule has 0 aliphatic rings. The Bertz CT molecular complexity index is 1280. The number of aryl methyl sites for hydroxylation is 3. The molecule has 0 unspecified atom stereocenters. The van der Waals surface area contributed by atoms with E-state index in [1.54, 1.807) is 32.0 Å². The second-order valence-corrected chi connectivity index (χ2v) is 7.43. The molecule has 2 aromatic carbocycles. The van der Waals surface area contributed by atoms with Crippen LogP contribution in [0.15, 0.2) is 59.4 Å². The number of carbonyl (C=O) groups excluding carboxylic acids is 1. The van der Waals surface area contributed by atoms with Crippen molar-refractivity contribution < 1.29 is 9.18 Å². The summed E-state index contributed by atoms with van der Waals surface area (Å²) in [7, 11) is 0. The third-order valence-corrected chi connectivity index (χ3v) is 5.11. The molecule has 0 radical (unpaired) electrons. The van der Waals surface area contributed by atoms with E-state index in [4.69, 9.17) is 0 Å². The van der Waals surface area contributed by atoms with Crippen LogP contribution in [-0.4, -0.2) is 24.8 Å². The molecule has 0 aliphatic carbocycles. The van der Waals surface area contributed by atoms with Gasteiger partial charge < -0.3 is 5.32 Å². The summed E-state index contributed by atoms with van der Waals surface area (Å²) < 4.78 is 18.2. The van der Waals surface area contributed by atoms with Gasteiger partial charge in [-0.05, 0) is 49.7 Å². The van der Waals surface area contributed by atoms with E-state index in [1.807, 2.05) is 38.1 Å². The number of fused-ring (bicyclic) bond motifs is 1. The highest BCUT2D eigenvalue weighted by Crippen LogP contribution is 2.18. The first-order valence-corrected chi connectivity index (χ1v) is 10.3. The van der Waals surface area contributed by atoms with E-state index >= 15 is 0 Å². The third kappa shape index (κ3) is 4.14. The van der Waals surface area contributed by atoms with Crippen LogP contribution in [0.3, 0.4) is 0 Å². The maximum absolute atomic E-state index is 13.2. The van der Waals surface area contributed by atoms with Crippen LogP contribution in [0.5, 0.6) is 0 Å². The van der Waals surface area contributed by atoms with Crippen molar-refractivity contribution in [2.24, 2.45) is 0 Å². The monoisotopic (exact) mass is 421 g/mol. The predicted molar refractivity (Wildman–Crippen MR) is 118 cm³/mol. The molecule has 0 atom stereocenters. The fourth-order valence-corrected chi connectivity index (χ4v) is 3.71. The highest BCUT2D eigenvalue weighted by molar-refractivity contribution is 5.90. The molecule has 1 N–H and O–H groups in total. The van der Waals surface area contributed by atoms with Crippen molar-refractivity contribution in [3.63, 3.8) is 0 Å². The van der Waals surface area contributed by atoms with Gasteiger partial charge >= 0.3 is 5.69 Å². The summed E-state index contributed by atoms with van der Waals surface area (Å²) in [5.74, 6) is -0.0803. The van der Waals surface area contributed by atoms with Gasteiger partial charge in [0.15, 0.2) is 0 Å². The first-order valence-electron chi connectivity index (χ1n) is 10.3. The molecule has 0 saturated carbocycles. The van der Waals surface area contributed by atoms with Gasteiger partial charge in [-0.1, -0.05) is 19.1 Å². The van der Waals surface area contributed by atoms with Crippen LogP contribution in [0.2, 0.25) is 0 Å². The summed E-state index contributed by atoms with van der Waals surface area (Å²) in [4.78, 5) is 25.5. The van der Waals surface area contributed by atoms with Crippen LogP contribution in [0.1, 0.15) is 25.5 Å². The largest absolute Gasteiger partial charge is 0.329 e. The van der Waals surface area contributed by atoms with Gasteiger partial charge in [-0.15, -0.1) is 0 Å². The van der Waals surface area contributed by atoms with Gasteiger partial charge in [0.1, 0.15) is 11.6 Å². The van der Waals surface area contributed by atoms with Crippen LogP contribution in [0.25, 0.3) is 16.7 Å². The van der Waals surface area contributed by atoms with E-state index in [2.05, 4.69) is 10.4 Å². The Kier molecular flexibility index (Phi) is 5.70. The summed E-state index contributed by atoms with van der Waals surface area (Å²) in [5, 5.41) is 7.24. The standard InChI is InChI=1S/C23H24FN5O2/c1-3-13-27-19-6-4-5-7-20(19)28(23(27)31)14-12-22(30)25-21-15-16(2)26-29(21)18-10-8-17(24)9-11-18/h4-11,15H,3,12-14H2,1-2H3,(H,25,30). The lowest BCUT2D eigenvalue weighted by atomic mass is 10.3. The van der Waals surface area contributed by atoms with Crippen LogP contribution in [-0.2, 0) is 17.9 Å². The van der Waals surface area contributed by atoms with Crippen LogP contribution < -0.4 is 11.0 Å². The molecule has 31 heavy (non-hydrogen) atoms. The van der Waals surface area contributed by atoms with Crippen molar-refractivity contribution in [1.82, 2.24) is 18.9 Å². The molecule has 8 heteroatoms. The van der Waals surface area contributed by atoms with Crippen LogP contribution in [0.4, 0.5) is 10.2 Å². The van der Waals surface area contributed by atoms with Crippen molar-refractivity contribution in [2.45, 2.75) is 39.8 Å². The van der Waals surface area contributed by atoms with E-state index in [0.717, 1.165) is 23.1 Å². The molecular formula is C23H24FN5O2. The Morgan fingerprint density at radius 1 is 1.03 bits per heavy atom. The molecule has 0 spiro atoms. The molecule has 160 valence electrons. The van der Waals surface area contributed by atoms with E-state index in [9.17, 15) is 14.0 Å². The molecule has 0 aliphatic heterocycles. The van der Waals surface area contributed by atoms with Crippen molar-refractivity contribution in [3.05, 3.63) is 76.6 Å². The minimum atomic E-state index is -0.342. The van der Waals surface area contributed by atoms with Gasteiger partial charge in [-0.2, -0.15) is 5.10 Å². The Balaban J connectivity index is 1.53.